The van der Waals surface area contributed by atoms with Crippen molar-refractivity contribution >= 4 is 29.5 Å². The van der Waals surface area contributed by atoms with Crippen molar-refractivity contribution in [2.75, 3.05) is 52.5 Å². The lowest BCUT2D eigenvalue weighted by Crippen LogP contribution is -2.57. The number of carbonyl (C=O) groups is 3. The Balaban J connectivity index is 1.33. The number of nitrogens with one attached hydrogen (secondary N) is 2. The summed E-state index contributed by atoms with van der Waals surface area (Å²) in [6.07, 6.45) is 3.01. The van der Waals surface area contributed by atoms with Crippen LogP contribution in [0.15, 0.2) is 30.3 Å². The van der Waals surface area contributed by atoms with E-state index < -0.39 is 22.6 Å². The molecule has 0 saturated carbocycles. The van der Waals surface area contributed by atoms with Gasteiger partial charge < -0.3 is 25.4 Å². The van der Waals surface area contributed by atoms with Gasteiger partial charge in [-0.1, -0.05) is 37.3 Å². The van der Waals surface area contributed by atoms with Crippen molar-refractivity contribution in [3.8, 4) is 0 Å². The quantitative estimate of drug-likeness (QED) is 0.331. The summed E-state index contributed by atoms with van der Waals surface area (Å²) in [5.41, 5.74) is 1.02. The number of likely N-dealkylation sites (tertiary alicyclic amines) is 1. The summed E-state index contributed by atoms with van der Waals surface area (Å²) in [6.45, 7) is 7.55. The fraction of sp³-hybridized carbons (Fsp3) is 0.690. The minimum absolute atomic E-state index is 0.0323. The lowest BCUT2D eigenvalue weighted by molar-refractivity contribution is -0.140. The van der Waals surface area contributed by atoms with E-state index in [0.717, 1.165) is 44.5 Å². The van der Waals surface area contributed by atoms with Gasteiger partial charge in [0.2, 0.25) is 17.7 Å². The number of fused-ring (bicyclic) bond motifs is 1. The number of morpholine rings is 1. The molecular formula is C29H42N4O5S. The molecule has 5 rings (SSSR count). The molecule has 0 aromatic heterocycles. The van der Waals surface area contributed by atoms with Gasteiger partial charge in [0.1, 0.15) is 6.04 Å². The van der Waals surface area contributed by atoms with E-state index in [1.807, 2.05) is 30.3 Å². The van der Waals surface area contributed by atoms with Gasteiger partial charge in [0.05, 0.1) is 29.8 Å². The second-order valence-electron chi connectivity index (χ2n) is 11.3. The molecule has 9 nitrogen and oxygen atoms in total. The van der Waals surface area contributed by atoms with Crippen molar-refractivity contribution in [2.24, 2.45) is 17.8 Å². The second kappa shape index (κ2) is 12.6. The Bertz CT molecular complexity index is 1020. The van der Waals surface area contributed by atoms with Crippen LogP contribution in [0.4, 0.5) is 0 Å². The van der Waals surface area contributed by atoms with Crippen molar-refractivity contribution in [1.29, 1.82) is 0 Å². The summed E-state index contributed by atoms with van der Waals surface area (Å²) >= 11 is 1.71. The maximum absolute atomic E-state index is 14.1. The molecule has 4 aliphatic rings. The first-order valence-electron chi connectivity index (χ1n) is 14.5. The zero-order valence-electron chi connectivity index (χ0n) is 22.8. The molecule has 2 bridgehead atoms. The molecule has 1 spiro atoms. The molecule has 1 aromatic rings. The van der Waals surface area contributed by atoms with Crippen LogP contribution in [0.1, 0.15) is 38.2 Å². The number of aliphatic hydroxyl groups excluding tert-OH is 1. The predicted molar refractivity (Wildman–Crippen MR) is 150 cm³/mol. The highest BCUT2D eigenvalue weighted by Crippen LogP contribution is 2.68. The summed E-state index contributed by atoms with van der Waals surface area (Å²) in [6, 6.07) is 9.20. The SMILES string of the molecule is CC1C[C@@H]2SC13C(C(=O)NCCN1CCOCC1)N(CCCCCO)C(=O)[C@@H]3[C@@H]2C(=O)NCc1ccccc1. The van der Waals surface area contributed by atoms with E-state index in [1.165, 1.54) is 0 Å². The van der Waals surface area contributed by atoms with Crippen LogP contribution >= 0.6 is 11.8 Å². The zero-order valence-corrected chi connectivity index (χ0v) is 23.7. The van der Waals surface area contributed by atoms with Crippen molar-refractivity contribution in [3.05, 3.63) is 35.9 Å². The molecule has 4 saturated heterocycles. The Kier molecular flexibility index (Phi) is 9.16. The molecule has 6 atom stereocenters. The first kappa shape index (κ1) is 28.4. The number of hydrogen-bond donors (Lipinski definition) is 3. The van der Waals surface area contributed by atoms with Crippen LogP contribution in [0.2, 0.25) is 0 Å². The van der Waals surface area contributed by atoms with Crippen LogP contribution in [0.3, 0.4) is 0 Å². The number of rotatable bonds is 12. The fourth-order valence-corrected chi connectivity index (χ4v) is 9.51. The third-order valence-corrected chi connectivity index (χ3v) is 11.1. The molecule has 1 aromatic carbocycles. The van der Waals surface area contributed by atoms with E-state index >= 15 is 0 Å². The molecule has 4 heterocycles. The molecule has 0 aliphatic carbocycles. The van der Waals surface area contributed by atoms with Crippen LogP contribution in [0, 0.1) is 17.8 Å². The Hall–Kier alpha value is -2.14. The third-order valence-electron chi connectivity index (χ3n) is 8.99. The molecule has 39 heavy (non-hydrogen) atoms. The first-order valence-corrected chi connectivity index (χ1v) is 15.3. The molecular weight excluding hydrogens is 516 g/mol. The number of amides is 3. The molecule has 3 amide bonds. The van der Waals surface area contributed by atoms with Gasteiger partial charge in [0, 0.05) is 51.1 Å². The van der Waals surface area contributed by atoms with Gasteiger partial charge in [0.25, 0.3) is 0 Å². The van der Waals surface area contributed by atoms with Crippen LogP contribution in [-0.2, 0) is 25.7 Å². The molecule has 4 fully saturated rings. The van der Waals surface area contributed by atoms with Gasteiger partial charge in [-0.05, 0) is 37.2 Å². The van der Waals surface area contributed by atoms with Crippen molar-refractivity contribution in [1.82, 2.24) is 20.4 Å². The normalized spacial score (nSPS) is 31.9. The number of nitrogens with zero attached hydrogens (tertiary/aromatic N) is 2. The number of aliphatic hydroxyl groups is 1. The van der Waals surface area contributed by atoms with Crippen LogP contribution in [0.25, 0.3) is 0 Å². The van der Waals surface area contributed by atoms with E-state index in [2.05, 4.69) is 22.5 Å². The fourth-order valence-electron chi connectivity index (χ4n) is 7.09. The lowest BCUT2D eigenvalue weighted by atomic mass is 9.66. The summed E-state index contributed by atoms with van der Waals surface area (Å²) in [5.74, 6) is -1.04. The van der Waals surface area contributed by atoms with Gasteiger partial charge in [-0.25, -0.2) is 0 Å². The molecule has 214 valence electrons. The highest BCUT2D eigenvalue weighted by atomic mass is 32.2. The topological polar surface area (TPSA) is 111 Å². The Morgan fingerprint density at radius 3 is 2.59 bits per heavy atom. The average Bonchev–Trinajstić information content (AvgIpc) is 3.54. The van der Waals surface area contributed by atoms with Gasteiger partial charge in [-0.15, -0.1) is 11.8 Å². The number of hydrogen-bond acceptors (Lipinski definition) is 7. The maximum atomic E-state index is 14.1. The average molecular weight is 559 g/mol. The molecule has 4 aliphatic heterocycles. The number of carbonyl (C=O) groups excluding carboxylic acids is 3. The molecule has 0 radical (unpaired) electrons. The molecule has 10 heteroatoms. The van der Waals surface area contributed by atoms with E-state index in [0.29, 0.717) is 39.3 Å². The summed E-state index contributed by atoms with van der Waals surface area (Å²) < 4.78 is 4.83. The summed E-state index contributed by atoms with van der Waals surface area (Å²) in [7, 11) is 0. The number of unbranched alkanes of at least 4 members (excludes halogenated alkanes) is 2. The maximum Gasteiger partial charge on any atom is 0.244 e. The Morgan fingerprint density at radius 1 is 1.08 bits per heavy atom. The van der Waals surface area contributed by atoms with Crippen LogP contribution < -0.4 is 10.6 Å². The number of ether oxygens (including phenoxy) is 1. The van der Waals surface area contributed by atoms with Gasteiger partial charge >= 0.3 is 0 Å². The predicted octanol–water partition coefficient (Wildman–Crippen LogP) is 1.25. The van der Waals surface area contributed by atoms with Crippen LogP contribution in [0.5, 0.6) is 0 Å². The van der Waals surface area contributed by atoms with Gasteiger partial charge in [-0.3, -0.25) is 19.3 Å². The van der Waals surface area contributed by atoms with Crippen molar-refractivity contribution in [3.63, 3.8) is 0 Å². The Morgan fingerprint density at radius 2 is 1.85 bits per heavy atom. The Labute approximate surface area is 235 Å². The smallest absolute Gasteiger partial charge is 0.244 e. The van der Waals surface area contributed by atoms with Crippen molar-refractivity contribution in [2.45, 2.75) is 55.2 Å². The zero-order chi connectivity index (χ0) is 27.4. The van der Waals surface area contributed by atoms with Crippen LogP contribution in [-0.4, -0.2) is 101 Å². The highest BCUT2D eigenvalue weighted by Gasteiger charge is 2.75. The molecule has 3 unspecified atom stereocenters. The number of benzene rings is 1. The van der Waals surface area contributed by atoms with Crippen molar-refractivity contribution < 1.29 is 24.2 Å². The lowest BCUT2D eigenvalue weighted by Gasteiger charge is -2.38. The third kappa shape index (κ3) is 5.58. The number of thioether (sulfide) groups is 1. The summed E-state index contributed by atoms with van der Waals surface area (Å²) in [4.78, 5) is 45.6. The minimum Gasteiger partial charge on any atom is -0.396 e. The minimum atomic E-state index is -0.601. The second-order valence-corrected chi connectivity index (χ2v) is 12.9. The standard InChI is InChI=1S/C29H42N4O5S/c1-20-18-22-23(26(35)31-19-21-8-4-2-5-9-21)24-28(37)33(11-6-3-7-15-34)25(29(20,24)39-22)27(36)30-10-12-32-13-16-38-17-14-32/h2,4-5,8-9,20,22-25,34H,3,6-7,10-19H2,1H3,(H,30,36)(H,31,35)/t20?,22-,23+,24-,25?,29?/m0/s1. The van der Waals surface area contributed by atoms with E-state index in [9.17, 15) is 19.5 Å². The van der Waals surface area contributed by atoms with E-state index in [4.69, 9.17) is 4.74 Å². The monoisotopic (exact) mass is 558 g/mol. The largest absolute Gasteiger partial charge is 0.396 e. The summed E-state index contributed by atoms with van der Waals surface area (Å²) in [5, 5.41) is 15.5. The highest BCUT2D eigenvalue weighted by molar-refractivity contribution is 8.02. The van der Waals surface area contributed by atoms with E-state index in [1.54, 1.807) is 16.7 Å². The van der Waals surface area contributed by atoms with E-state index in [-0.39, 0.29) is 35.5 Å². The first-order chi connectivity index (χ1) is 19.0. The molecule has 3 N–H and O–H groups in total. The van der Waals surface area contributed by atoms with Gasteiger partial charge in [-0.2, -0.15) is 0 Å². The van der Waals surface area contributed by atoms with Gasteiger partial charge in [0.15, 0.2) is 0 Å².